The average molecular weight is 488 g/mol. The molecule has 0 saturated carbocycles. The van der Waals surface area contributed by atoms with Crippen LogP contribution in [0.5, 0.6) is 0 Å². The molecule has 0 aliphatic heterocycles. The molecule has 8 nitrogen and oxygen atoms in total. The summed E-state index contributed by atoms with van der Waals surface area (Å²) in [5, 5.41) is 9.12. The van der Waals surface area contributed by atoms with Crippen molar-refractivity contribution in [3.63, 3.8) is 0 Å². The van der Waals surface area contributed by atoms with E-state index < -0.39 is 41.3 Å². The number of nitrogens with one attached hydrogen (secondary N) is 2. The van der Waals surface area contributed by atoms with E-state index in [9.17, 15) is 35.9 Å². The van der Waals surface area contributed by atoms with Crippen molar-refractivity contribution in [2.45, 2.75) is 32.0 Å². The summed E-state index contributed by atoms with van der Waals surface area (Å²) in [5.41, 5.74) is 4.16. The van der Waals surface area contributed by atoms with Crippen LogP contribution < -0.4 is 11.1 Å². The van der Waals surface area contributed by atoms with Gasteiger partial charge in [0.2, 0.25) is 0 Å². The molecule has 4 N–H and O–H groups in total. The molecule has 0 spiro atoms. The van der Waals surface area contributed by atoms with Crippen LogP contribution in [0.4, 0.5) is 37.8 Å². The van der Waals surface area contributed by atoms with Crippen LogP contribution in [0.2, 0.25) is 0 Å². The number of fused-ring (bicyclic) bond motifs is 1. The Balaban J connectivity index is 1.84. The summed E-state index contributed by atoms with van der Waals surface area (Å²) in [5.74, 6) is -8.75. The molecule has 182 valence electrons. The Bertz CT molecular complexity index is 1240. The molecule has 1 unspecified atom stereocenters. The van der Waals surface area contributed by atoms with Crippen molar-refractivity contribution in [3.8, 4) is 0 Å². The number of pyridine rings is 1. The van der Waals surface area contributed by atoms with Gasteiger partial charge in [-0.05, 0) is 19.9 Å². The van der Waals surface area contributed by atoms with Gasteiger partial charge in [0.1, 0.15) is 11.6 Å². The number of nitrogen functional groups attached to an aromatic ring is 1. The van der Waals surface area contributed by atoms with Crippen molar-refractivity contribution in [3.05, 3.63) is 47.5 Å². The summed E-state index contributed by atoms with van der Waals surface area (Å²) in [6.45, 7) is 2.67. The first-order valence-corrected chi connectivity index (χ1v) is 9.73. The van der Waals surface area contributed by atoms with Gasteiger partial charge in [0.05, 0.1) is 35.0 Å². The third kappa shape index (κ3) is 4.34. The van der Waals surface area contributed by atoms with E-state index in [1.54, 1.807) is 0 Å². The quantitative estimate of drug-likeness (QED) is 0.372. The first-order valence-electron chi connectivity index (χ1n) is 9.73. The number of aromatic nitrogens is 3. The Labute approximate surface area is 188 Å². The highest BCUT2D eigenvalue weighted by molar-refractivity contribution is 6.40. The molecule has 1 atom stereocenters. The van der Waals surface area contributed by atoms with E-state index in [0.717, 1.165) is 11.0 Å². The lowest BCUT2D eigenvalue weighted by atomic mass is 10.0. The molecule has 3 rings (SSSR count). The number of carbonyl (C=O) groups excluding carboxylic acids is 2. The van der Waals surface area contributed by atoms with Crippen molar-refractivity contribution in [1.29, 1.82) is 0 Å². The molecular weight excluding hydrogens is 470 g/mol. The SMILES string of the molecule is CCN(C(=O)C(=O)Nc1cnc(N)c2cn[nH]c12)C(C)c1ccc(C(F)(F)C(F)(F)F)cc1F. The molecule has 0 radical (unpaired) electrons. The standard InChI is InChI=1S/C20H18F6N6O2/c1-3-32(9(2)11-5-4-10(6-13(11)21)19(22,23)20(24,25)26)18(34)17(33)30-14-8-28-16(27)12-7-29-31-15(12)14/h4-9H,3H2,1-2H3,(H2,27,28)(H,29,31)(H,30,33). The fourth-order valence-electron chi connectivity index (χ4n) is 3.34. The minimum Gasteiger partial charge on any atom is -0.383 e. The Morgan fingerprint density at radius 2 is 1.88 bits per heavy atom. The first-order chi connectivity index (χ1) is 15.8. The second-order valence-corrected chi connectivity index (χ2v) is 7.25. The summed E-state index contributed by atoms with van der Waals surface area (Å²) in [6.07, 6.45) is -3.35. The van der Waals surface area contributed by atoms with Gasteiger partial charge < -0.3 is 16.0 Å². The summed E-state index contributed by atoms with van der Waals surface area (Å²) in [7, 11) is 0. The minimum atomic E-state index is -5.91. The Morgan fingerprint density at radius 1 is 1.21 bits per heavy atom. The smallest absolute Gasteiger partial charge is 0.383 e. The Kier molecular flexibility index (Phi) is 6.44. The molecule has 0 saturated heterocycles. The van der Waals surface area contributed by atoms with E-state index in [1.807, 2.05) is 0 Å². The van der Waals surface area contributed by atoms with Crippen molar-refractivity contribution in [2.24, 2.45) is 0 Å². The van der Waals surface area contributed by atoms with Gasteiger partial charge >= 0.3 is 23.9 Å². The van der Waals surface area contributed by atoms with Crippen LogP contribution in [-0.4, -0.2) is 44.6 Å². The van der Waals surface area contributed by atoms with E-state index in [0.29, 0.717) is 17.0 Å². The highest BCUT2D eigenvalue weighted by Gasteiger charge is 2.58. The fraction of sp³-hybridized carbons (Fsp3) is 0.300. The van der Waals surface area contributed by atoms with Crippen LogP contribution in [0, 0.1) is 5.82 Å². The molecule has 34 heavy (non-hydrogen) atoms. The molecule has 2 amide bonds. The number of hydrogen-bond acceptors (Lipinski definition) is 5. The lowest BCUT2D eigenvalue weighted by molar-refractivity contribution is -0.289. The highest BCUT2D eigenvalue weighted by atomic mass is 19.4. The van der Waals surface area contributed by atoms with Gasteiger partial charge in [0.15, 0.2) is 0 Å². The second-order valence-electron chi connectivity index (χ2n) is 7.25. The number of likely N-dealkylation sites (N-methyl/N-ethyl adjacent to an activating group) is 1. The largest absolute Gasteiger partial charge is 0.458 e. The van der Waals surface area contributed by atoms with Gasteiger partial charge in [-0.2, -0.15) is 27.1 Å². The lowest BCUT2D eigenvalue weighted by Crippen LogP contribution is -2.41. The Morgan fingerprint density at radius 3 is 2.47 bits per heavy atom. The van der Waals surface area contributed by atoms with E-state index >= 15 is 0 Å². The monoisotopic (exact) mass is 488 g/mol. The van der Waals surface area contributed by atoms with Crippen molar-refractivity contribution < 1.29 is 35.9 Å². The number of amides is 2. The topological polar surface area (TPSA) is 117 Å². The maximum Gasteiger partial charge on any atom is 0.458 e. The van der Waals surface area contributed by atoms with Crippen LogP contribution in [0.25, 0.3) is 10.9 Å². The number of rotatable bonds is 5. The molecule has 2 aromatic heterocycles. The van der Waals surface area contributed by atoms with Gasteiger partial charge in [0, 0.05) is 17.7 Å². The van der Waals surface area contributed by atoms with Crippen molar-refractivity contribution in [1.82, 2.24) is 20.1 Å². The van der Waals surface area contributed by atoms with Crippen LogP contribution in [0.1, 0.15) is 31.0 Å². The summed E-state index contributed by atoms with van der Waals surface area (Å²) in [4.78, 5) is 30.1. The van der Waals surface area contributed by atoms with Gasteiger partial charge in [-0.15, -0.1) is 0 Å². The number of H-pyrrole nitrogens is 1. The number of carbonyl (C=O) groups is 2. The van der Waals surface area contributed by atoms with E-state index in [-0.39, 0.29) is 29.7 Å². The van der Waals surface area contributed by atoms with E-state index in [1.165, 1.54) is 26.2 Å². The zero-order chi connectivity index (χ0) is 25.4. The normalized spacial score (nSPS) is 13.1. The summed E-state index contributed by atoms with van der Waals surface area (Å²) >= 11 is 0. The number of aromatic amines is 1. The maximum absolute atomic E-state index is 14.5. The average Bonchev–Trinajstić information content (AvgIpc) is 3.26. The number of hydrogen-bond donors (Lipinski definition) is 3. The molecule has 3 aromatic rings. The molecule has 2 heterocycles. The number of alkyl halides is 5. The second kappa shape index (κ2) is 8.83. The van der Waals surface area contributed by atoms with E-state index in [2.05, 4.69) is 20.5 Å². The summed E-state index contributed by atoms with van der Waals surface area (Å²) < 4.78 is 79.3. The van der Waals surface area contributed by atoms with Gasteiger partial charge in [-0.1, -0.05) is 12.1 Å². The molecular formula is C20H18F6N6O2. The van der Waals surface area contributed by atoms with Gasteiger partial charge in [-0.3, -0.25) is 14.7 Å². The Hall–Kier alpha value is -3.84. The zero-order valence-corrected chi connectivity index (χ0v) is 17.7. The highest BCUT2D eigenvalue weighted by Crippen LogP contribution is 2.44. The third-order valence-corrected chi connectivity index (χ3v) is 5.20. The molecule has 0 bridgehead atoms. The predicted molar refractivity (Wildman–Crippen MR) is 109 cm³/mol. The predicted octanol–water partition coefficient (Wildman–Crippen LogP) is 3.88. The van der Waals surface area contributed by atoms with Gasteiger partial charge in [0.25, 0.3) is 0 Å². The molecule has 0 fully saturated rings. The molecule has 14 heteroatoms. The lowest BCUT2D eigenvalue weighted by Gasteiger charge is -2.28. The van der Waals surface area contributed by atoms with Crippen LogP contribution in [0.15, 0.2) is 30.6 Å². The van der Waals surface area contributed by atoms with Crippen LogP contribution in [0.3, 0.4) is 0 Å². The van der Waals surface area contributed by atoms with E-state index in [4.69, 9.17) is 5.73 Å². The molecule has 0 aliphatic carbocycles. The van der Waals surface area contributed by atoms with Crippen LogP contribution in [-0.2, 0) is 15.5 Å². The zero-order valence-electron chi connectivity index (χ0n) is 17.7. The first kappa shape index (κ1) is 24.8. The minimum absolute atomic E-state index is 0.0622. The molecule has 1 aromatic carbocycles. The number of anilines is 2. The fourth-order valence-corrected chi connectivity index (χ4v) is 3.34. The van der Waals surface area contributed by atoms with Gasteiger partial charge in [-0.25, -0.2) is 9.37 Å². The number of nitrogens with zero attached hydrogens (tertiary/aromatic N) is 3. The third-order valence-electron chi connectivity index (χ3n) is 5.20. The van der Waals surface area contributed by atoms with Crippen molar-refractivity contribution >= 4 is 34.2 Å². The number of benzene rings is 1. The van der Waals surface area contributed by atoms with Crippen molar-refractivity contribution in [2.75, 3.05) is 17.6 Å². The summed E-state index contributed by atoms with van der Waals surface area (Å²) in [6, 6.07) is 0.0390. The maximum atomic E-state index is 14.5. The number of nitrogens with two attached hydrogens (primary N) is 1. The number of halogens is 6. The van der Waals surface area contributed by atoms with Crippen LogP contribution >= 0.6 is 0 Å². The molecule has 0 aliphatic rings.